The zero-order chi connectivity index (χ0) is 8.27. The van der Waals surface area contributed by atoms with E-state index >= 15 is 0 Å². The number of hydrogen-bond acceptors (Lipinski definition) is 2. The summed E-state index contributed by atoms with van der Waals surface area (Å²) < 4.78 is 0. The number of aryl methyl sites for hydroxylation is 1. The fourth-order valence-corrected chi connectivity index (χ4v) is 0.857. The van der Waals surface area contributed by atoms with Crippen molar-refractivity contribution in [3.05, 3.63) is 35.0 Å². The molecular formula is C8H12N2O. The summed E-state index contributed by atoms with van der Waals surface area (Å²) in [7, 11) is 0. The Morgan fingerprint density at radius 1 is 1.36 bits per heavy atom. The zero-order valence-corrected chi connectivity index (χ0v) is 6.50. The van der Waals surface area contributed by atoms with Crippen molar-refractivity contribution in [2.45, 2.75) is 6.92 Å². The molecule has 1 aromatic rings. The summed E-state index contributed by atoms with van der Waals surface area (Å²) in [5.74, 6) is 0. The van der Waals surface area contributed by atoms with Crippen LogP contribution in [0, 0.1) is 12.1 Å². The SMILES string of the molecule is Cc1ccc([NH+]([O-])CN)cc1. The first-order valence-electron chi connectivity index (χ1n) is 3.54. The Morgan fingerprint density at radius 2 is 1.91 bits per heavy atom. The van der Waals surface area contributed by atoms with Crippen molar-refractivity contribution >= 4 is 5.69 Å². The van der Waals surface area contributed by atoms with Gasteiger partial charge in [-0.15, -0.1) is 0 Å². The zero-order valence-electron chi connectivity index (χ0n) is 6.50. The predicted molar refractivity (Wildman–Crippen MR) is 44.2 cm³/mol. The first kappa shape index (κ1) is 8.20. The standard InChI is InChI=1S/C8H12N2O/c1-7-2-4-8(5-3-7)10(11)6-9/h2-5,10H,6,9H2,1H3. The summed E-state index contributed by atoms with van der Waals surface area (Å²) in [6.45, 7) is 2.07. The number of rotatable bonds is 2. The molecule has 1 aromatic carbocycles. The second-order valence-corrected chi connectivity index (χ2v) is 2.49. The van der Waals surface area contributed by atoms with E-state index in [2.05, 4.69) is 0 Å². The van der Waals surface area contributed by atoms with Crippen LogP contribution in [-0.4, -0.2) is 6.67 Å². The molecule has 0 amide bonds. The highest BCUT2D eigenvalue weighted by Crippen LogP contribution is 2.02. The molecule has 11 heavy (non-hydrogen) atoms. The van der Waals surface area contributed by atoms with E-state index in [1.165, 1.54) is 0 Å². The highest BCUT2D eigenvalue weighted by molar-refractivity contribution is 5.31. The Bertz CT molecular complexity index is 220. The van der Waals surface area contributed by atoms with Gasteiger partial charge in [0.2, 0.25) is 0 Å². The smallest absolute Gasteiger partial charge is 0.132 e. The Balaban J connectivity index is 2.81. The minimum Gasteiger partial charge on any atom is -0.628 e. The largest absolute Gasteiger partial charge is 0.628 e. The number of benzene rings is 1. The molecule has 1 unspecified atom stereocenters. The minimum atomic E-state index is -0.00926. The molecule has 0 radical (unpaired) electrons. The maximum atomic E-state index is 11.0. The number of nitrogens with one attached hydrogen (secondary N) is 1. The fourth-order valence-electron chi connectivity index (χ4n) is 0.857. The lowest BCUT2D eigenvalue weighted by molar-refractivity contribution is -0.775. The van der Waals surface area contributed by atoms with E-state index in [9.17, 15) is 5.21 Å². The molecule has 0 aliphatic rings. The van der Waals surface area contributed by atoms with Gasteiger partial charge in [0.25, 0.3) is 0 Å². The van der Waals surface area contributed by atoms with Crippen LogP contribution in [0.2, 0.25) is 0 Å². The van der Waals surface area contributed by atoms with E-state index in [0.717, 1.165) is 5.56 Å². The Kier molecular flexibility index (Phi) is 2.59. The molecule has 3 N–H and O–H groups in total. The van der Waals surface area contributed by atoms with Gasteiger partial charge < -0.3 is 10.3 Å². The predicted octanol–water partition coefficient (Wildman–Crippen LogP) is -0.0746. The van der Waals surface area contributed by atoms with Gasteiger partial charge in [-0.25, -0.2) is 0 Å². The van der Waals surface area contributed by atoms with E-state index in [1.54, 1.807) is 12.1 Å². The Hall–Kier alpha value is -0.900. The van der Waals surface area contributed by atoms with Gasteiger partial charge >= 0.3 is 0 Å². The van der Waals surface area contributed by atoms with E-state index < -0.39 is 0 Å². The number of hydrogen-bond donors (Lipinski definition) is 2. The van der Waals surface area contributed by atoms with Crippen molar-refractivity contribution in [2.24, 2.45) is 5.73 Å². The fraction of sp³-hybridized carbons (Fsp3) is 0.250. The first-order chi connectivity index (χ1) is 5.24. The molecule has 0 aromatic heterocycles. The van der Waals surface area contributed by atoms with Crippen molar-refractivity contribution in [2.75, 3.05) is 6.67 Å². The monoisotopic (exact) mass is 152 g/mol. The van der Waals surface area contributed by atoms with E-state index in [-0.39, 0.29) is 11.7 Å². The van der Waals surface area contributed by atoms with Crippen LogP contribution in [0.3, 0.4) is 0 Å². The molecule has 0 spiro atoms. The molecule has 1 rings (SSSR count). The van der Waals surface area contributed by atoms with Gasteiger partial charge in [-0.2, -0.15) is 0 Å². The van der Waals surface area contributed by atoms with Gasteiger partial charge in [0, 0.05) is 0 Å². The average molecular weight is 152 g/mol. The third kappa shape index (κ3) is 2.01. The van der Waals surface area contributed by atoms with Gasteiger partial charge in [0.1, 0.15) is 12.4 Å². The maximum Gasteiger partial charge on any atom is 0.132 e. The molecule has 0 heterocycles. The van der Waals surface area contributed by atoms with Crippen molar-refractivity contribution in [1.29, 1.82) is 0 Å². The third-order valence-electron chi connectivity index (χ3n) is 1.56. The molecule has 0 saturated heterocycles. The van der Waals surface area contributed by atoms with Crippen LogP contribution in [0.15, 0.2) is 24.3 Å². The van der Waals surface area contributed by atoms with E-state index in [0.29, 0.717) is 5.69 Å². The molecule has 0 bridgehead atoms. The van der Waals surface area contributed by atoms with Gasteiger partial charge in [0.05, 0.1) is 0 Å². The van der Waals surface area contributed by atoms with Crippen LogP contribution in [0.25, 0.3) is 0 Å². The Morgan fingerprint density at radius 3 is 2.36 bits per heavy atom. The molecule has 3 nitrogen and oxygen atoms in total. The lowest BCUT2D eigenvalue weighted by Gasteiger charge is -2.18. The number of nitrogens with two attached hydrogens (primary N) is 1. The van der Waals surface area contributed by atoms with Gasteiger partial charge in [0.15, 0.2) is 0 Å². The van der Waals surface area contributed by atoms with Crippen LogP contribution in [0.1, 0.15) is 5.56 Å². The number of quaternary nitrogens is 1. The van der Waals surface area contributed by atoms with E-state index in [4.69, 9.17) is 5.73 Å². The molecule has 0 saturated carbocycles. The molecule has 0 fully saturated rings. The lowest BCUT2D eigenvalue weighted by atomic mass is 10.2. The first-order valence-corrected chi connectivity index (χ1v) is 3.54. The lowest BCUT2D eigenvalue weighted by Crippen LogP contribution is -3.03. The normalized spacial score (nSPS) is 13.0. The molecule has 60 valence electrons. The van der Waals surface area contributed by atoms with Gasteiger partial charge in [-0.1, -0.05) is 17.7 Å². The van der Waals surface area contributed by atoms with Crippen molar-refractivity contribution in [3.63, 3.8) is 0 Å². The average Bonchev–Trinajstić information content (AvgIpc) is 2.05. The minimum absolute atomic E-state index is 0.00926. The summed E-state index contributed by atoms with van der Waals surface area (Å²) in [4.78, 5) is 0. The summed E-state index contributed by atoms with van der Waals surface area (Å²) >= 11 is 0. The molecule has 0 aliphatic carbocycles. The molecule has 3 heteroatoms. The highest BCUT2D eigenvalue weighted by atomic mass is 16.5. The topological polar surface area (TPSA) is 53.5 Å². The number of hydroxylamine groups is 1. The summed E-state index contributed by atoms with van der Waals surface area (Å²) in [5, 5.41) is 11.0. The van der Waals surface area contributed by atoms with Gasteiger partial charge in [-0.3, -0.25) is 5.73 Å². The summed E-state index contributed by atoms with van der Waals surface area (Å²) in [6, 6.07) is 7.40. The van der Waals surface area contributed by atoms with Crippen molar-refractivity contribution in [1.82, 2.24) is 0 Å². The maximum absolute atomic E-state index is 11.0. The third-order valence-corrected chi connectivity index (χ3v) is 1.56. The van der Waals surface area contributed by atoms with E-state index in [1.807, 2.05) is 19.1 Å². The molecular weight excluding hydrogens is 140 g/mol. The van der Waals surface area contributed by atoms with Crippen LogP contribution < -0.4 is 10.8 Å². The van der Waals surface area contributed by atoms with Gasteiger partial charge in [-0.05, 0) is 19.1 Å². The molecule has 0 aliphatic heterocycles. The highest BCUT2D eigenvalue weighted by Gasteiger charge is 1.96. The molecule has 1 atom stereocenters. The van der Waals surface area contributed by atoms with Crippen molar-refractivity contribution < 1.29 is 5.06 Å². The quantitative estimate of drug-likeness (QED) is 0.460. The van der Waals surface area contributed by atoms with Crippen LogP contribution >= 0.6 is 0 Å². The van der Waals surface area contributed by atoms with Crippen LogP contribution in [0.4, 0.5) is 5.69 Å². The van der Waals surface area contributed by atoms with Crippen LogP contribution in [0.5, 0.6) is 0 Å². The second-order valence-electron chi connectivity index (χ2n) is 2.49. The Labute approximate surface area is 66.0 Å². The van der Waals surface area contributed by atoms with Crippen molar-refractivity contribution in [3.8, 4) is 0 Å². The summed E-state index contributed by atoms with van der Waals surface area (Å²) in [5.41, 5.74) is 7.04. The van der Waals surface area contributed by atoms with Crippen LogP contribution in [-0.2, 0) is 0 Å². The summed E-state index contributed by atoms with van der Waals surface area (Å²) in [6.07, 6.45) is 0. The second kappa shape index (κ2) is 3.48.